The van der Waals surface area contributed by atoms with Crippen LogP contribution in [0.15, 0.2) is 78.9 Å². The molecule has 3 atom stereocenters. The molecule has 0 radical (unpaired) electrons. The van der Waals surface area contributed by atoms with Crippen LogP contribution in [-0.2, 0) is 5.60 Å². The Labute approximate surface area is 224 Å². The standard InChI is InChI=1S/C35H45NO/c1-3-34(36-24-13-12-21-31(36)25-27-15-6-4-7-16-27)33-23-11-10-22-32(33)28-17-14-20-30(26-28)35(2,37)29-18-8-5-9-19-29/h5,8-11,14,17-20,22-23,26-27,31,34,37H,3-4,6-7,12-13,15-16,21,24-25H2,1-2H3. The Morgan fingerprint density at radius 1 is 0.811 bits per heavy atom. The van der Waals surface area contributed by atoms with Crippen LogP contribution in [0.2, 0.25) is 0 Å². The fraction of sp³-hybridized carbons (Fsp3) is 0.486. The van der Waals surface area contributed by atoms with E-state index in [0.29, 0.717) is 12.1 Å². The summed E-state index contributed by atoms with van der Waals surface area (Å²) in [6.07, 6.45) is 13.7. The summed E-state index contributed by atoms with van der Waals surface area (Å²) >= 11 is 0. The Bertz CT molecular complexity index is 1130. The predicted octanol–water partition coefficient (Wildman–Crippen LogP) is 8.89. The molecule has 0 amide bonds. The van der Waals surface area contributed by atoms with Crippen LogP contribution in [-0.4, -0.2) is 22.6 Å². The Balaban J connectivity index is 1.46. The van der Waals surface area contributed by atoms with E-state index < -0.39 is 5.60 Å². The van der Waals surface area contributed by atoms with Crippen LogP contribution in [0, 0.1) is 5.92 Å². The van der Waals surface area contributed by atoms with Crippen molar-refractivity contribution in [1.82, 2.24) is 4.90 Å². The number of benzene rings is 3. The smallest absolute Gasteiger partial charge is 0.112 e. The normalized spacial score (nSPS) is 21.9. The zero-order chi connectivity index (χ0) is 25.7. The minimum absolute atomic E-state index is 0.434. The first-order valence-corrected chi connectivity index (χ1v) is 14.8. The maximum Gasteiger partial charge on any atom is 0.112 e. The fourth-order valence-corrected chi connectivity index (χ4v) is 7.10. The molecule has 1 saturated carbocycles. The Hall–Kier alpha value is -2.42. The van der Waals surface area contributed by atoms with Gasteiger partial charge >= 0.3 is 0 Å². The van der Waals surface area contributed by atoms with Crippen LogP contribution in [0.3, 0.4) is 0 Å². The summed E-state index contributed by atoms with van der Waals surface area (Å²) in [4.78, 5) is 2.88. The van der Waals surface area contributed by atoms with E-state index in [-0.39, 0.29) is 0 Å². The van der Waals surface area contributed by atoms with E-state index in [4.69, 9.17) is 0 Å². The van der Waals surface area contributed by atoms with Crippen molar-refractivity contribution in [3.63, 3.8) is 0 Å². The average molecular weight is 496 g/mol. The quantitative estimate of drug-likeness (QED) is 0.337. The molecule has 2 fully saturated rings. The van der Waals surface area contributed by atoms with Crippen molar-refractivity contribution < 1.29 is 5.11 Å². The lowest BCUT2D eigenvalue weighted by Crippen LogP contribution is -2.43. The lowest BCUT2D eigenvalue weighted by molar-refractivity contribution is 0.0700. The number of hydrogen-bond acceptors (Lipinski definition) is 2. The van der Waals surface area contributed by atoms with Gasteiger partial charge in [0.15, 0.2) is 0 Å². The molecule has 1 heterocycles. The van der Waals surface area contributed by atoms with Crippen LogP contribution in [0.5, 0.6) is 0 Å². The van der Waals surface area contributed by atoms with Crippen LogP contribution in [0.4, 0.5) is 0 Å². The van der Waals surface area contributed by atoms with E-state index in [1.807, 2.05) is 37.3 Å². The Kier molecular flexibility index (Phi) is 8.47. The molecule has 0 bridgehead atoms. The minimum Gasteiger partial charge on any atom is -0.381 e. The number of aliphatic hydroxyl groups is 1. The predicted molar refractivity (Wildman–Crippen MR) is 156 cm³/mol. The first-order chi connectivity index (χ1) is 18.1. The third-order valence-corrected chi connectivity index (χ3v) is 9.18. The number of rotatable bonds is 8. The first kappa shape index (κ1) is 26.2. The molecule has 1 saturated heterocycles. The fourth-order valence-electron chi connectivity index (χ4n) is 7.10. The second-order valence-electron chi connectivity index (χ2n) is 11.7. The maximum atomic E-state index is 11.5. The molecule has 1 N–H and O–H groups in total. The molecule has 0 aromatic heterocycles. The summed E-state index contributed by atoms with van der Waals surface area (Å²) in [5.74, 6) is 0.920. The van der Waals surface area contributed by atoms with E-state index in [2.05, 4.69) is 60.4 Å². The van der Waals surface area contributed by atoms with E-state index in [0.717, 1.165) is 23.5 Å². The molecule has 2 aliphatic rings. The summed E-state index contributed by atoms with van der Waals surface area (Å²) in [5, 5.41) is 11.5. The van der Waals surface area contributed by atoms with Crippen molar-refractivity contribution in [3.8, 4) is 11.1 Å². The number of hydrogen-bond donors (Lipinski definition) is 1. The summed E-state index contributed by atoms with van der Waals surface area (Å²) in [6.45, 7) is 5.49. The monoisotopic (exact) mass is 495 g/mol. The second kappa shape index (κ2) is 12.0. The van der Waals surface area contributed by atoms with E-state index >= 15 is 0 Å². The van der Waals surface area contributed by atoms with Crippen LogP contribution in [0.25, 0.3) is 11.1 Å². The van der Waals surface area contributed by atoms with Gasteiger partial charge in [-0.2, -0.15) is 0 Å². The average Bonchev–Trinajstić information content (AvgIpc) is 2.96. The van der Waals surface area contributed by atoms with Crippen LogP contribution < -0.4 is 0 Å². The van der Waals surface area contributed by atoms with Crippen molar-refractivity contribution in [2.24, 2.45) is 5.92 Å². The number of likely N-dealkylation sites (tertiary alicyclic amines) is 1. The molecule has 3 unspecified atom stereocenters. The van der Waals surface area contributed by atoms with Gasteiger partial charge in [-0.25, -0.2) is 0 Å². The highest BCUT2D eigenvalue weighted by Gasteiger charge is 2.32. The summed E-state index contributed by atoms with van der Waals surface area (Å²) in [6, 6.07) is 28.8. The van der Waals surface area contributed by atoms with Gasteiger partial charge in [-0.3, -0.25) is 4.90 Å². The van der Waals surface area contributed by atoms with E-state index in [1.165, 1.54) is 81.0 Å². The molecule has 3 aromatic carbocycles. The molecule has 3 aromatic rings. The molecule has 196 valence electrons. The van der Waals surface area contributed by atoms with Crippen LogP contribution >= 0.6 is 0 Å². The number of piperidine rings is 1. The van der Waals surface area contributed by atoms with E-state index in [1.54, 1.807) is 0 Å². The SMILES string of the molecule is CCC(c1ccccc1-c1cccc(C(C)(O)c2ccccc2)c1)N1CCCCC1CC1CCCCC1. The third kappa shape index (κ3) is 5.86. The Morgan fingerprint density at radius 2 is 1.51 bits per heavy atom. The lowest BCUT2D eigenvalue weighted by Gasteiger charge is -2.43. The van der Waals surface area contributed by atoms with Gasteiger partial charge in [-0.15, -0.1) is 0 Å². The summed E-state index contributed by atoms with van der Waals surface area (Å²) < 4.78 is 0. The molecule has 2 heteroatoms. The third-order valence-electron chi connectivity index (χ3n) is 9.18. The first-order valence-electron chi connectivity index (χ1n) is 14.8. The van der Waals surface area contributed by atoms with E-state index in [9.17, 15) is 5.11 Å². The molecular weight excluding hydrogens is 450 g/mol. The van der Waals surface area contributed by atoms with Gasteiger partial charge in [-0.05, 0) is 79.0 Å². The molecule has 37 heavy (non-hydrogen) atoms. The lowest BCUT2D eigenvalue weighted by atomic mass is 9.81. The Morgan fingerprint density at radius 3 is 2.30 bits per heavy atom. The van der Waals surface area contributed by atoms with Gasteiger partial charge in [0.1, 0.15) is 5.60 Å². The largest absolute Gasteiger partial charge is 0.381 e. The molecular formula is C35H45NO. The van der Waals surface area contributed by atoms with Gasteiger partial charge in [0.25, 0.3) is 0 Å². The number of nitrogens with zero attached hydrogens (tertiary/aromatic N) is 1. The van der Waals surface area contributed by atoms with Crippen molar-refractivity contribution in [1.29, 1.82) is 0 Å². The van der Waals surface area contributed by atoms with Gasteiger partial charge in [-0.1, -0.05) is 118 Å². The zero-order valence-corrected chi connectivity index (χ0v) is 22.9. The second-order valence-corrected chi connectivity index (χ2v) is 11.7. The summed E-state index contributed by atoms with van der Waals surface area (Å²) in [7, 11) is 0. The summed E-state index contributed by atoms with van der Waals surface area (Å²) in [5.41, 5.74) is 4.77. The molecule has 1 aliphatic heterocycles. The zero-order valence-electron chi connectivity index (χ0n) is 22.9. The van der Waals surface area contributed by atoms with Gasteiger partial charge in [0.05, 0.1) is 0 Å². The highest BCUT2D eigenvalue weighted by atomic mass is 16.3. The van der Waals surface area contributed by atoms with Gasteiger partial charge in [0.2, 0.25) is 0 Å². The molecule has 1 aliphatic carbocycles. The van der Waals surface area contributed by atoms with Crippen molar-refractivity contribution in [3.05, 3.63) is 95.6 Å². The molecule has 2 nitrogen and oxygen atoms in total. The molecule has 5 rings (SSSR count). The minimum atomic E-state index is -1.03. The van der Waals surface area contributed by atoms with Gasteiger partial charge in [0, 0.05) is 12.1 Å². The maximum absolute atomic E-state index is 11.5. The highest BCUT2D eigenvalue weighted by molar-refractivity contribution is 5.69. The van der Waals surface area contributed by atoms with Crippen LogP contribution in [0.1, 0.15) is 101 Å². The van der Waals surface area contributed by atoms with Crippen molar-refractivity contribution in [2.75, 3.05) is 6.54 Å². The van der Waals surface area contributed by atoms with Crippen molar-refractivity contribution >= 4 is 0 Å². The van der Waals surface area contributed by atoms with Gasteiger partial charge < -0.3 is 5.11 Å². The molecule has 0 spiro atoms. The van der Waals surface area contributed by atoms with Crippen molar-refractivity contribution in [2.45, 2.75) is 95.7 Å². The highest BCUT2D eigenvalue weighted by Crippen LogP contribution is 2.40. The topological polar surface area (TPSA) is 23.5 Å².